The summed E-state index contributed by atoms with van der Waals surface area (Å²) in [6.45, 7) is 3.63. The summed E-state index contributed by atoms with van der Waals surface area (Å²) in [5.74, 6) is -0.823. The molecule has 130 valence electrons. The second kappa shape index (κ2) is 7.81. The minimum atomic E-state index is -0.489. The highest BCUT2D eigenvalue weighted by Gasteiger charge is 2.22. The lowest BCUT2D eigenvalue weighted by Gasteiger charge is -2.12. The smallest absolute Gasteiger partial charge is 0.348 e. The molecule has 0 saturated carbocycles. The monoisotopic (exact) mass is 357 g/mol. The van der Waals surface area contributed by atoms with Gasteiger partial charge in [-0.15, -0.1) is 11.3 Å². The Morgan fingerprint density at radius 3 is 2.44 bits per heavy atom. The molecule has 0 spiro atoms. The van der Waals surface area contributed by atoms with Gasteiger partial charge in [0.05, 0.1) is 12.2 Å². The Kier molecular flexibility index (Phi) is 5.78. The van der Waals surface area contributed by atoms with Gasteiger partial charge in [-0.2, -0.15) is 5.26 Å². The van der Waals surface area contributed by atoms with E-state index in [4.69, 9.17) is 4.74 Å². The Bertz CT molecular complexity index is 832. The average molecular weight is 357 g/mol. The first-order valence-electron chi connectivity index (χ1n) is 7.68. The van der Waals surface area contributed by atoms with Crippen LogP contribution in [0.1, 0.15) is 38.1 Å². The first kappa shape index (κ1) is 18.5. The minimum absolute atomic E-state index is 0.248. The van der Waals surface area contributed by atoms with Gasteiger partial charge in [0.15, 0.2) is 0 Å². The largest absolute Gasteiger partial charge is 0.462 e. The van der Waals surface area contributed by atoms with Gasteiger partial charge >= 0.3 is 5.97 Å². The molecule has 0 unspecified atom stereocenters. The predicted molar refractivity (Wildman–Crippen MR) is 98.4 cm³/mol. The van der Waals surface area contributed by atoms with Gasteiger partial charge in [-0.25, -0.2) is 4.79 Å². The van der Waals surface area contributed by atoms with Crippen molar-refractivity contribution in [3.05, 3.63) is 45.8 Å². The average Bonchev–Trinajstić information content (AvgIpc) is 2.90. The quantitative estimate of drug-likeness (QED) is 0.829. The van der Waals surface area contributed by atoms with Crippen LogP contribution in [0.25, 0.3) is 0 Å². The van der Waals surface area contributed by atoms with Crippen molar-refractivity contribution in [1.29, 1.82) is 5.26 Å². The first-order chi connectivity index (χ1) is 11.9. The number of carbonyl (C=O) groups is 2. The van der Waals surface area contributed by atoms with E-state index in [2.05, 4.69) is 5.32 Å². The lowest BCUT2D eigenvalue weighted by molar-refractivity contribution is 0.0531. The number of hydrogen-bond donors (Lipinski definition) is 1. The fraction of sp³-hybridized carbons (Fsp3) is 0.278. The maximum atomic E-state index is 12.4. The van der Waals surface area contributed by atoms with Gasteiger partial charge in [-0.1, -0.05) is 0 Å². The SMILES string of the molecule is CCOC(=O)c1sc(NC(=O)c2ccc(N(C)C)cc2)c(C#N)c1C. The third kappa shape index (κ3) is 3.98. The standard InChI is InChI=1S/C18H19N3O3S/c1-5-24-18(23)15-11(2)14(10-19)17(25-15)20-16(22)12-6-8-13(9-7-12)21(3)4/h6-9H,5H2,1-4H3,(H,20,22). The Morgan fingerprint density at radius 2 is 1.92 bits per heavy atom. The number of ether oxygens (including phenoxy) is 1. The van der Waals surface area contributed by atoms with Crippen molar-refractivity contribution in [2.24, 2.45) is 0 Å². The molecular weight excluding hydrogens is 338 g/mol. The number of nitriles is 1. The van der Waals surface area contributed by atoms with Crippen molar-refractivity contribution in [1.82, 2.24) is 0 Å². The Labute approximate surface area is 150 Å². The summed E-state index contributed by atoms with van der Waals surface area (Å²) < 4.78 is 4.99. The first-order valence-corrected chi connectivity index (χ1v) is 8.50. The highest BCUT2D eigenvalue weighted by Crippen LogP contribution is 2.33. The zero-order chi connectivity index (χ0) is 18.6. The van der Waals surface area contributed by atoms with Crippen LogP contribution in [-0.4, -0.2) is 32.6 Å². The van der Waals surface area contributed by atoms with Crippen molar-refractivity contribution in [2.75, 3.05) is 30.9 Å². The van der Waals surface area contributed by atoms with Gasteiger partial charge < -0.3 is 15.0 Å². The van der Waals surface area contributed by atoms with Crippen LogP contribution in [0.5, 0.6) is 0 Å². The van der Waals surface area contributed by atoms with Crippen LogP contribution >= 0.6 is 11.3 Å². The van der Waals surface area contributed by atoms with E-state index in [0.717, 1.165) is 17.0 Å². The van der Waals surface area contributed by atoms with E-state index in [1.807, 2.05) is 37.2 Å². The highest BCUT2D eigenvalue weighted by molar-refractivity contribution is 7.18. The van der Waals surface area contributed by atoms with Gasteiger partial charge in [0, 0.05) is 25.3 Å². The van der Waals surface area contributed by atoms with Gasteiger partial charge in [0.2, 0.25) is 0 Å². The number of esters is 1. The molecule has 0 fully saturated rings. The van der Waals surface area contributed by atoms with Crippen molar-refractivity contribution in [3.8, 4) is 6.07 Å². The molecule has 0 atom stereocenters. The lowest BCUT2D eigenvalue weighted by Crippen LogP contribution is -2.13. The van der Waals surface area contributed by atoms with Gasteiger partial charge in [0.25, 0.3) is 5.91 Å². The molecule has 0 aliphatic rings. The van der Waals surface area contributed by atoms with Gasteiger partial charge in [-0.05, 0) is 43.7 Å². The van der Waals surface area contributed by atoms with Crippen LogP contribution in [-0.2, 0) is 4.74 Å². The molecule has 1 N–H and O–H groups in total. The summed E-state index contributed by atoms with van der Waals surface area (Å²) in [5.41, 5.74) is 2.25. The molecule has 0 radical (unpaired) electrons. The molecule has 6 nitrogen and oxygen atoms in total. The molecule has 1 aromatic carbocycles. The topological polar surface area (TPSA) is 82.4 Å². The van der Waals surface area contributed by atoms with E-state index in [1.165, 1.54) is 0 Å². The maximum absolute atomic E-state index is 12.4. The van der Waals surface area contributed by atoms with E-state index in [1.54, 1.807) is 26.0 Å². The summed E-state index contributed by atoms with van der Waals surface area (Å²) in [6, 6.07) is 9.14. The lowest BCUT2D eigenvalue weighted by atomic mass is 10.1. The molecule has 1 aromatic heterocycles. The number of anilines is 2. The Balaban J connectivity index is 2.27. The summed E-state index contributed by atoms with van der Waals surface area (Å²) in [6.07, 6.45) is 0. The molecular formula is C18H19N3O3S. The van der Waals surface area contributed by atoms with Crippen LogP contribution in [0.2, 0.25) is 0 Å². The van der Waals surface area contributed by atoms with E-state index >= 15 is 0 Å². The fourth-order valence-electron chi connectivity index (χ4n) is 2.21. The number of rotatable bonds is 5. The summed E-state index contributed by atoms with van der Waals surface area (Å²) in [7, 11) is 3.83. The molecule has 0 aliphatic heterocycles. The van der Waals surface area contributed by atoms with Gasteiger partial charge in [0.1, 0.15) is 15.9 Å². The normalized spacial score (nSPS) is 10.0. The zero-order valence-corrected chi connectivity index (χ0v) is 15.4. The van der Waals surface area contributed by atoms with E-state index < -0.39 is 5.97 Å². The Morgan fingerprint density at radius 1 is 1.28 bits per heavy atom. The number of nitrogens with one attached hydrogen (secondary N) is 1. The van der Waals surface area contributed by atoms with Crippen molar-refractivity contribution in [2.45, 2.75) is 13.8 Å². The highest BCUT2D eigenvalue weighted by atomic mass is 32.1. The van der Waals surface area contributed by atoms with Crippen molar-refractivity contribution >= 4 is 33.9 Å². The Hall–Kier alpha value is -2.85. The summed E-state index contributed by atoms with van der Waals surface area (Å²) in [4.78, 5) is 26.7. The maximum Gasteiger partial charge on any atom is 0.348 e. The molecule has 2 rings (SSSR count). The van der Waals surface area contributed by atoms with Crippen molar-refractivity contribution in [3.63, 3.8) is 0 Å². The molecule has 1 amide bonds. The molecule has 0 aliphatic carbocycles. The second-order valence-electron chi connectivity index (χ2n) is 5.49. The third-order valence-electron chi connectivity index (χ3n) is 3.59. The van der Waals surface area contributed by atoms with Crippen LogP contribution in [0.3, 0.4) is 0 Å². The van der Waals surface area contributed by atoms with Crippen molar-refractivity contribution < 1.29 is 14.3 Å². The van der Waals surface area contributed by atoms with E-state index in [-0.39, 0.29) is 18.1 Å². The number of thiophene rings is 1. The van der Waals surface area contributed by atoms with Crippen LogP contribution in [0.15, 0.2) is 24.3 Å². The zero-order valence-electron chi connectivity index (χ0n) is 14.5. The second-order valence-corrected chi connectivity index (χ2v) is 6.51. The number of benzene rings is 1. The summed E-state index contributed by atoms with van der Waals surface area (Å²) >= 11 is 1.05. The number of amides is 1. The van der Waals surface area contributed by atoms with E-state index in [0.29, 0.717) is 21.0 Å². The van der Waals surface area contributed by atoms with E-state index in [9.17, 15) is 14.9 Å². The molecule has 1 heterocycles. The predicted octanol–water partition coefficient (Wildman–Crippen LogP) is 3.42. The fourth-order valence-corrected chi connectivity index (χ4v) is 3.26. The number of hydrogen-bond acceptors (Lipinski definition) is 6. The molecule has 7 heteroatoms. The molecule has 2 aromatic rings. The molecule has 25 heavy (non-hydrogen) atoms. The summed E-state index contributed by atoms with van der Waals surface area (Å²) in [5, 5.41) is 12.4. The third-order valence-corrected chi connectivity index (χ3v) is 4.78. The number of nitrogens with zero attached hydrogens (tertiary/aromatic N) is 2. The molecule has 0 saturated heterocycles. The van der Waals surface area contributed by atoms with Crippen LogP contribution in [0.4, 0.5) is 10.7 Å². The number of carbonyl (C=O) groups excluding carboxylic acids is 2. The minimum Gasteiger partial charge on any atom is -0.462 e. The molecule has 0 bridgehead atoms. The van der Waals surface area contributed by atoms with Gasteiger partial charge in [-0.3, -0.25) is 4.79 Å². The van der Waals surface area contributed by atoms with Crippen LogP contribution < -0.4 is 10.2 Å². The van der Waals surface area contributed by atoms with Crippen LogP contribution in [0, 0.1) is 18.3 Å².